The molecule has 0 aliphatic heterocycles. The zero-order chi connectivity index (χ0) is 18.1. The van der Waals surface area contributed by atoms with Crippen LogP contribution < -0.4 is 10.6 Å². The monoisotopic (exact) mass is 346 g/mol. The van der Waals surface area contributed by atoms with Crippen LogP contribution in [-0.2, 0) is 0 Å². The molecule has 0 saturated carbocycles. The maximum atomic E-state index is 13.6. The second-order valence-corrected chi connectivity index (χ2v) is 5.66. The summed E-state index contributed by atoms with van der Waals surface area (Å²) in [6, 6.07) is 2.99. The molecule has 0 amide bonds. The smallest absolute Gasteiger partial charge is 0.235 e. The van der Waals surface area contributed by atoms with Gasteiger partial charge in [0.25, 0.3) is 0 Å². The van der Waals surface area contributed by atoms with Crippen LogP contribution in [0.25, 0.3) is 11.5 Å². The molecular weight excluding hydrogens is 330 g/mol. The molecule has 3 aromatic rings. The van der Waals surface area contributed by atoms with Gasteiger partial charge in [-0.2, -0.15) is 15.0 Å². The molecule has 0 atom stereocenters. The molecule has 3 rings (SSSR count). The molecule has 1 aromatic carbocycles. The lowest BCUT2D eigenvalue weighted by Gasteiger charge is -2.27. The Morgan fingerprint density at radius 1 is 1.04 bits per heavy atom. The molecule has 0 spiro atoms. The van der Waals surface area contributed by atoms with Crippen LogP contribution in [0.2, 0.25) is 0 Å². The van der Waals surface area contributed by atoms with Crippen LogP contribution in [0.1, 0.15) is 19.7 Å². The van der Waals surface area contributed by atoms with Gasteiger partial charge in [-0.05, 0) is 26.0 Å². The summed E-state index contributed by atoms with van der Waals surface area (Å²) in [5.41, 5.74) is 6.44. The first-order chi connectivity index (χ1) is 11.8. The van der Waals surface area contributed by atoms with Crippen LogP contribution in [-0.4, -0.2) is 26.0 Å². The molecule has 0 saturated heterocycles. The summed E-state index contributed by atoms with van der Waals surface area (Å²) in [5.74, 6) is -0.623. The first-order valence-corrected chi connectivity index (χ1v) is 7.53. The highest BCUT2D eigenvalue weighted by atomic mass is 19.1. The van der Waals surface area contributed by atoms with Crippen molar-refractivity contribution in [2.45, 2.75) is 26.8 Å². The van der Waals surface area contributed by atoms with E-state index in [1.165, 1.54) is 18.4 Å². The Labute approximate surface area is 142 Å². The average molecular weight is 346 g/mol. The molecular formula is C16H16F2N6O. The standard InChI is InChI=1S/C16H16F2N6O/c1-8(2)24(12-5-10(17)4-11(18)6-12)16-22-14(21-15(19)23-16)13-7-25-9(3)20-13/h4-8H,1-3H3,(H2,19,21,22,23). The van der Waals surface area contributed by atoms with Gasteiger partial charge in [-0.1, -0.05) is 0 Å². The van der Waals surface area contributed by atoms with Gasteiger partial charge in [-0.3, -0.25) is 0 Å². The van der Waals surface area contributed by atoms with Crippen molar-refractivity contribution < 1.29 is 13.2 Å². The van der Waals surface area contributed by atoms with Crippen molar-refractivity contribution in [3.05, 3.63) is 42.0 Å². The molecule has 9 heteroatoms. The van der Waals surface area contributed by atoms with Gasteiger partial charge in [0.05, 0.1) is 0 Å². The van der Waals surface area contributed by atoms with E-state index >= 15 is 0 Å². The number of nitrogens with zero attached hydrogens (tertiary/aromatic N) is 5. The number of hydrogen-bond donors (Lipinski definition) is 1. The number of aromatic nitrogens is 4. The minimum Gasteiger partial charge on any atom is -0.449 e. The molecule has 2 heterocycles. The summed E-state index contributed by atoms with van der Waals surface area (Å²) in [5, 5.41) is 0. The topological polar surface area (TPSA) is 94.0 Å². The zero-order valence-corrected chi connectivity index (χ0v) is 13.9. The molecule has 25 heavy (non-hydrogen) atoms. The van der Waals surface area contributed by atoms with E-state index in [9.17, 15) is 8.78 Å². The fraction of sp³-hybridized carbons (Fsp3) is 0.250. The third-order valence-corrected chi connectivity index (χ3v) is 3.35. The predicted octanol–water partition coefficient (Wildman–Crippen LogP) is 3.24. The van der Waals surface area contributed by atoms with Crippen molar-refractivity contribution in [3.63, 3.8) is 0 Å². The third-order valence-electron chi connectivity index (χ3n) is 3.35. The number of rotatable bonds is 4. The number of anilines is 3. The first kappa shape index (κ1) is 16.7. The van der Waals surface area contributed by atoms with Crippen LogP contribution in [0.3, 0.4) is 0 Å². The second-order valence-electron chi connectivity index (χ2n) is 5.66. The molecule has 2 N–H and O–H groups in total. The quantitative estimate of drug-likeness (QED) is 0.775. The lowest BCUT2D eigenvalue weighted by Crippen LogP contribution is -2.28. The molecule has 130 valence electrons. The van der Waals surface area contributed by atoms with E-state index in [4.69, 9.17) is 10.2 Å². The van der Waals surface area contributed by atoms with Gasteiger partial charge in [0.1, 0.15) is 23.6 Å². The van der Waals surface area contributed by atoms with Crippen molar-refractivity contribution in [1.82, 2.24) is 19.9 Å². The lowest BCUT2D eigenvalue weighted by atomic mass is 10.2. The normalized spacial score (nSPS) is 11.1. The number of oxazole rings is 1. The average Bonchev–Trinajstić information content (AvgIpc) is 2.92. The van der Waals surface area contributed by atoms with Crippen LogP contribution in [0.4, 0.5) is 26.4 Å². The van der Waals surface area contributed by atoms with E-state index in [0.29, 0.717) is 11.6 Å². The highest BCUT2D eigenvalue weighted by Crippen LogP contribution is 2.28. The molecule has 0 bridgehead atoms. The maximum Gasteiger partial charge on any atom is 0.235 e. The van der Waals surface area contributed by atoms with E-state index in [-0.39, 0.29) is 29.5 Å². The van der Waals surface area contributed by atoms with Crippen LogP contribution in [0, 0.1) is 18.6 Å². The van der Waals surface area contributed by atoms with E-state index in [2.05, 4.69) is 19.9 Å². The van der Waals surface area contributed by atoms with Gasteiger partial charge >= 0.3 is 0 Å². The Morgan fingerprint density at radius 3 is 2.28 bits per heavy atom. The molecule has 7 nitrogen and oxygen atoms in total. The lowest BCUT2D eigenvalue weighted by molar-refractivity contribution is 0.521. The molecule has 0 aliphatic rings. The molecule has 0 aliphatic carbocycles. The summed E-state index contributed by atoms with van der Waals surface area (Å²) in [7, 11) is 0. The molecule has 2 aromatic heterocycles. The second kappa shape index (κ2) is 6.42. The van der Waals surface area contributed by atoms with Crippen molar-refractivity contribution in [2.24, 2.45) is 0 Å². The summed E-state index contributed by atoms with van der Waals surface area (Å²) in [4.78, 5) is 18.2. The Bertz CT molecular complexity index is 891. The van der Waals surface area contributed by atoms with E-state index in [1.807, 2.05) is 13.8 Å². The fourth-order valence-corrected chi connectivity index (χ4v) is 2.39. The van der Waals surface area contributed by atoms with Gasteiger partial charge in [0.15, 0.2) is 11.7 Å². The number of aryl methyl sites for hydroxylation is 1. The number of nitrogens with two attached hydrogens (primary N) is 1. The van der Waals surface area contributed by atoms with Gasteiger partial charge in [-0.15, -0.1) is 0 Å². The van der Waals surface area contributed by atoms with Crippen LogP contribution in [0.5, 0.6) is 0 Å². The van der Waals surface area contributed by atoms with E-state index in [1.54, 1.807) is 11.8 Å². The maximum absolute atomic E-state index is 13.6. The summed E-state index contributed by atoms with van der Waals surface area (Å²) in [6.45, 7) is 5.36. The summed E-state index contributed by atoms with van der Waals surface area (Å²) in [6.07, 6.45) is 1.40. The number of halogens is 2. The van der Waals surface area contributed by atoms with Crippen molar-refractivity contribution in [3.8, 4) is 11.5 Å². The Hall–Kier alpha value is -3.10. The molecule has 0 radical (unpaired) electrons. The highest BCUT2D eigenvalue weighted by molar-refractivity contribution is 5.61. The zero-order valence-electron chi connectivity index (χ0n) is 13.9. The Morgan fingerprint density at radius 2 is 1.72 bits per heavy atom. The van der Waals surface area contributed by atoms with Crippen LogP contribution in [0.15, 0.2) is 28.9 Å². The summed E-state index contributed by atoms with van der Waals surface area (Å²) < 4.78 is 32.4. The molecule has 0 unspecified atom stereocenters. The van der Waals surface area contributed by atoms with E-state index < -0.39 is 11.6 Å². The minimum absolute atomic E-state index is 0.0387. The predicted molar refractivity (Wildman–Crippen MR) is 88.1 cm³/mol. The SMILES string of the molecule is Cc1nc(-c2nc(N)nc(N(c3cc(F)cc(F)c3)C(C)C)n2)co1. The summed E-state index contributed by atoms with van der Waals surface area (Å²) >= 11 is 0. The Balaban J connectivity index is 2.12. The van der Waals surface area contributed by atoms with Crippen LogP contribution >= 0.6 is 0 Å². The van der Waals surface area contributed by atoms with E-state index in [0.717, 1.165) is 6.07 Å². The van der Waals surface area contributed by atoms with Gasteiger partial charge < -0.3 is 15.1 Å². The van der Waals surface area contributed by atoms with Crippen molar-refractivity contribution in [1.29, 1.82) is 0 Å². The third kappa shape index (κ3) is 3.54. The fourth-order valence-electron chi connectivity index (χ4n) is 2.39. The van der Waals surface area contributed by atoms with Crippen molar-refractivity contribution >= 4 is 17.6 Å². The largest absolute Gasteiger partial charge is 0.449 e. The highest BCUT2D eigenvalue weighted by Gasteiger charge is 2.20. The number of benzene rings is 1. The Kier molecular flexibility index (Phi) is 4.30. The van der Waals surface area contributed by atoms with Crippen molar-refractivity contribution in [2.75, 3.05) is 10.6 Å². The minimum atomic E-state index is -0.699. The number of hydrogen-bond acceptors (Lipinski definition) is 7. The van der Waals surface area contributed by atoms with Gasteiger partial charge in [0.2, 0.25) is 11.9 Å². The number of nitrogen functional groups attached to an aromatic ring is 1. The van der Waals surface area contributed by atoms with Gasteiger partial charge in [-0.25, -0.2) is 13.8 Å². The molecule has 0 fully saturated rings. The first-order valence-electron chi connectivity index (χ1n) is 7.53. The van der Waals surface area contributed by atoms with Gasteiger partial charge in [0, 0.05) is 24.7 Å².